The molecular formula is C21H17NO2S. The van der Waals surface area contributed by atoms with Crippen LogP contribution < -0.4 is 0 Å². The Hall–Kier alpha value is -2.72. The number of fused-ring (bicyclic) bond motifs is 3. The molecule has 0 bridgehead atoms. The molecule has 0 saturated carbocycles. The molecule has 4 rings (SSSR count). The number of rotatable bonds is 3. The Balaban J connectivity index is 1.89. The minimum Gasteiger partial charge on any atom is -0.251 e. The van der Waals surface area contributed by atoms with Crippen LogP contribution in [0.4, 0.5) is 0 Å². The number of pyridine rings is 1. The number of benzene rings is 3. The topological polar surface area (TPSA) is 47.0 Å². The van der Waals surface area contributed by atoms with Crippen molar-refractivity contribution >= 4 is 31.5 Å². The molecule has 0 N–H and O–H groups in total. The predicted molar refractivity (Wildman–Crippen MR) is 101 cm³/mol. The molecule has 3 aromatic carbocycles. The average Bonchev–Trinajstić information content (AvgIpc) is 2.62. The molecule has 0 amide bonds. The summed E-state index contributed by atoms with van der Waals surface area (Å²) in [7, 11) is -3.45. The van der Waals surface area contributed by atoms with Gasteiger partial charge < -0.3 is 0 Å². The molecule has 1 heterocycles. The van der Waals surface area contributed by atoms with E-state index in [0.717, 1.165) is 27.2 Å². The van der Waals surface area contributed by atoms with Gasteiger partial charge in [0, 0.05) is 10.8 Å². The van der Waals surface area contributed by atoms with Gasteiger partial charge in [0.2, 0.25) is 0 Å². The smallest absolute Gasteiger partial charge is 0.184 e. The van der Waals surface area contributed by atoms with Crippen molar-refractivity contribution in [3.05, 3.63) is 84.1 Å². The Kier molecular flexibility index (Phi) is 3.77. The lowest BCUT2D eigenvalue weighted by Gasteiger charge is -2.10. The number of sulfone groups is 1. The molecule has 0 aliphatic heterocycles. The Morgan fingerprint density at radius 3 is 2.08 bits per heavy atom. The number of aromatic nitrogens is 1. The third kappa shape index (κ3) is 2.89. The molecule has 1 aromatic heterocycles. The van der Waals surface area contributed by atoms with Crippen LogP contribution in [0.3, 0.4) is 0 Å². The number of hydrogen-bond acceptors (Lipinski definition) is 3. The third-order valence-corrected chi connectivity index (χ3v) is 6.04. The first kappa shape index (κ1) is 15.8. The summed E-state index contributed by atoms with van der Waals surface area (Å²) >= 11 is 0. The van der Waals surface area contributed by atoms with Crippen LogP contribution in [0.25, 0.3) is 21.7 Å². The fourth-order valence-corrected chi connectivity index (χ4v) is 4.39. The number of aryl methyl sites for hydroxylation is 1. The maximum atomic E-state index is 12.9. The summed E-state index contributed by atoms with van der Waals surface area (Å²) in [4.78, 5) is 4.98. The second kappa shape index (κ2) is 5.97. The van der Waals surface area contributed by atoms with Gasteiger partial charge in [0.05, 0.1) is 21.9 Å². The van der Waals surface area contributed by atoms with Gasteiger partial charge in [0.1, 0.15) is 0 Å². The van der Waals surface area contributed by atoms with Gasteiger partial charge >= 0.3 is 0 Å². The normalized spacial score (nSPS) is 11.9. The van der Waals surface area contributed by atoms with E-state index in [4.69, 9.17) is 0 Å². The van der Waals surface area contributed by atoms with E-state index in [1.807, 2.05) is 67.6 Å². The minimum atomic E-state index is -3.45. The van der Waals surface area contributed by atoms with Crippen LogP contribution in [-0.2, 0) is 15.6 Å². The second-order valence-corrected chi connectivity index (χ2v) is 8.18. The summed E-state index contributed by atoms with van der Waals surface area (Å²) < 4.78 is 25.7. The van der Waals surface area contributed by atoms with Crippen molar-refractivity contribution in [2.75, 3.05) is 0 Å². The molecule has 4 aromatic rings. The van der Waals surface area contributed by atoms with E-state index in [1.54, 1.807) is 12.1 Å². The van der Waals surface area contributed by atoms with Crippen LogP contribution in [-0.4, -0.2) is 13.4 Å². The fourth-order valence-electron chi connectivity index (χ4n) is 3.09. The molecule has 3 nitrogen and oxygen atoms in total. The number of hydrogen-bond donors (Lipinski definition) is 0. The zero-order chi connectivity index (χ0) is 17.4. The highest BCUT2D eigenvalue weighted by molar-refractivity contribution is 7.90. The highest BCUT2D eigenvalue weighted by Gasteiger charge is 2.18. The van der Waals surface area contributed by atoms with Crippen LogP contribution in [0.2, 0.25) is 0 Å². The van der Waals surface area contributed by atoms with E-state index in [2.05, 4.69) is 4.98 Å². The molecule has 0 fully saturated rings. The molecule has 0 aliphatic carbocycles. The van der Waals surface area contributed by atoms with Crippen LogP contribution in [0, 0.1) is 6.92 Å². The summed E-state index contributed by atoms with van der Waals surface area (Å²) in [5.41, 5.74) is 2.44. The summed E-state index contributed by atoms with van der Waals surface area (Å²) in [6.45, 7) is 1.94. The van der Waals surface area contributed by atoms with Crippen molar-refractivity contribution in [2.45, 2.75) is 17.6 Å². The van der Waals surface area contributed by atoms with Crippen LogP contribution in [0.5, 0.6) is 0 Å². The summed E-state index contributed by atoms with van der Waals surface area (Å²) in [6.07, 6.45) is 0. The van der Waals surface area contributed by atoms with Gasteiger partial charge in [-0.1, -0.05) is 60.2 Å². The lowest BCUT2D eigenvalue weighted by atomic mass is 10.0. The molecule has 0 atom stereocenters. The Morgan fingerprint density at radius 1 is 0.760 bits per heavy atom. The van der Waals surface area contributed by atoms with Crippen molar-refractivity contribution in [2.24, 2.45) is 0 Å². The third-order valence-electron chi connectivity index (χ3n) is 4.39. The molecule has 0 radical (unpaired) electrons. The summed E-state index contributed by atoms with van der Waals surface area (Å²) in [6, 6.07) is 22.6. The molecule has 0 aliphatic rings. The van der Waals surface area contributed by atoms with Gasteiger partial charge in [-0.15, -0.1) is 0 Å². The van der Waals surface area contributed by atoms with Crippen molar-refractivity contribution < 1.29 is 8.42 Å². The van der Waals surface area contributed by atoms with Crippen molar-refractivity contribution in [3.63, 3.8) is 0 Å². The van der Waals surface area contributed by atoms with Crippen molar-refractivity contribution in [3.8, 4) is 0 Å². The molecule has 4 heteroatoms. The van der Waals surface area contributed by atoms with Crippen molar-refractivity contribution in [1.82, 2.24) is 4.98 Å². The molecule has 25 heavy (non-hydrogen) atoms. The number of para-hydroxylation sites is 1. The van der Waals surface area contributed by atoms with E-state index in [0.29, 0.717) is 10.6 Å². The van der Waals surface area contributed by atoms with Crippen LogP contribution >= 0.6 is 0 Å². The fraction of sp³-hybridized carbons (Fsp3) is 0.0952. The highest BCUT2D eigenvalue weighted by atomic mass is 32.2. The first-order valence-electron chi connectivity index (χ1n) is 8.10. The maximum absolute atomic E-state index is 12.9. The molecule has 0 saturated heterocycles. The summed E-state index contributed by atoms with van der Waals surface area (Å²) in [5, 5.41) is 2.95. The van der Waals surface area contributed by atoms with Gasteiger partial charge in [0.25, 0.3) is 0 Å². The Bertz CT molecular complexity index is 1180. The largest absolute Gasteiger partial charge is 0.251 e. The lowest BCUT2D eigenvalue weighted by molar-refractivity contribution is 0.595. The average molecular weight is 347 g/mol. The molecular weight excluding hydrogens is 330 g/mol. The minimum absolute atomic E-state index is 0.110. The standard InChI is InChI=1S/C21H17NO2S/c1-15-10-12-16(13-11-15)25(23,24)14-21-19-8-3-2-6-17(19)18-7-4-5-9-20(18)22-21/h2-13H,14H2,1H3. The maximum Gasteiger partial charge on any atom is 0.184 e. The first-order valence-corrected chi connectivity index (χ1v) is 9.76. The van der Waals surface area contributed by atoms with Gasteiger partial charge in [-0.2, -0.15) is 0 Å². The van der Waals surface area contributed by atoms with Crippen LogP contribution in [0.1, 0.15) is 11.3 Å². The zero-order valence-corrected chi connectivity index (χ0v) is 14.6. The van der Waals surface area contributed by atoms with Gasteiger partial charge in [0.15, 0.2) is 9.84 Å². The Morgan fingerprint density at radius 2 is 1.36 bits per heavy atom. The van der Waals surface area contributed by atoms with E-state index in [1.165, 1.54) is 0 Å². The second-order valence-electron chi connectivity index (χ2n) is 6.19. The first-order chi connectivity index (χ1) is 12.0. The predicted octanol–water partition coefficient (Wildman–Crippen LogP) is 4.67. The number of nitrogens with zero attached hydrogens (tertiary/aromatic N) is 1. The van der Waals surface area contributed by atoms with E-state index in [-0.39, 0.29) is 5.75 Å². The summed E-state index contributed by atoms with van der Waals surface area (Å²) in [5.74, 6) is -0.110. The Labute approximate surface area is 146 Å². The van der Waals surface area contributed by atoms with E-state index >= 15 is 0 Å². The van der Waals surface area contributed by atoms with Crippen molar-refractivity contribution in [1.29, 1.82) is 0 Å². The van der Waals surface area contributed by atoms with Crippen LogP contribution in [0.15, 0.2) is 77.7 Å². The molecule has 0 unspecified atom stereocenters. The SMILES string of the molecule is Cc1ccc(S(=O)(=O)Cc2nc3ccccc3c3ccccc23)cc1. The monoisotopic (exact) mass is 347 g/mol. The quantitative estimate of drug-likeness (QED) is 0.506. The lowest BCUT2D eigenvalue weighted by Crippen LogP contribution is -2.07. The highest BCUT2D eigenvalue weighted by Crippen LogP contribution is 2.28. The molecule has 0 spiro atoms. The van der Waals surface area contributed by atoms with Gasteiger partial charge in [-0.3, -0.25) is 4.98 Å². The molecule has 124 valence electrons. The van der Waals surface area contributed by atoms with Gasteiger partial charge in [-0.25, -0.2) is 8.42 Å². The zero-order valence-electron chi connectivity index (χ0n) is 13.8. The van der Waals surface area contributed by atoms with E-state index < -0.39 is 9.84 Å². The van der Waals surface area contributed by atoms with E-state index in [9.17, 15) is 8.42 Å². The van der Waals surface area contributed by atoms with Gasteiger partial charge in [-0.05, 0) is 30.5 Å².